The van der Waals surface area contributed by atoms with Crippen LogP contribution in [0.2, 0.25) is 0 Å². The number of carbonyl (C=O) groups is 1. The SMILES string of the molecule is CCCc1nc(Cn2cc(N3CCN(C(=O)[C@H]4CC[C@H](CN(CCOC)C(C)(C)C)CC4)CC3)cn2)cs1. The van der Waals surface area contributed by atoms with Crippen LogP contribution < -0.4 is 4.90 Å². The lowest BCUT2D eigenvalue weighted by Gasteiger charge is -2.41. The molecule has 2 aliphatic rings. The molecule has 0 N–H and O–H groups in total. The van der Waals surface area contributed by atoms with Crippen molar-refractivity contribution in [3.63, 3.8) is 0 Å². The van der Waals surface area contributed by atoms with Gasteiger partial charge in [-0.1, -0.05) is 6.92 Å². The summed E-state index contributed by atoms with van der Waals surface area (Å²) in [4.78, 5) is 25.1. The molecule has 212 valence electrons. The minimum Gasteiger partial charge on any atom is -0.383 e. The topological polar surface area (TPSA) is 66.7 Å². The molecule has 0 atom stereocenters. The molecule has 2 fully saturated rings. The first-order valence-corrected chi connectivity index (χ1v) is 15.4. The first-order valence-electron chi connectivity index (χ1n) is 14.5. The lowest BCUT2D eigenvalue weighted by atomic mass is 9.80. The van der Waals surface area contributed by atoms with E-state index in [9.17, 15) is 4.79 Å². The number of ether oxygens (including phenoxy) is 1. The number of carbonyl (C=O) groups excluding carboxylic acids is 1. The van der Waals surface area contributed by atoms with Gasteiger partial charge in [-0.25, -0.2) is 4.98 Å². The maximum Gasteiger partial charge on any atom is 0.225 e. The van der Waals surface area contributed by atoms with Gasteiger partial charge in [0.25, 0.3) is 0 Å². The Labute approximate surface area is 233 Å². The number of aryl methyl sites for hydroxylation is 1. The lowest BCUT2D eigenvalue weighted by molar-refractivity contribution is -0.137. The van der Waals surface area contributed by atoms with Gasteiger partial charge in [-0.15, -0.1) is 11.3 Å². The van der Waals surface area contributed by atoms with Crippen molar-refractivity contribution in [3.05, 3.63) is 28.5 Å². The Hall–Kier alpha value is -1.97. The number of nitrogens with zero attached hydrogens (tertiary/aromatic N) is 6. The van der Waals surface area contributed by atoms with Gasteiger partial charge in [0.1, 0.15) is 0 Å². The molecule has 0 aromatic carbocycles. The highest BCUT2D eigenvalue weighted by Gasteiger charge is 2.33. The molecule has 1 amide bonds. The Morgan fingerprint density at radius 2 is 1.89 bits per heavy atom. The summed E-state index contributed by atoms with van der Waals surface area (Å²) in [5, 5.41) is 7.93. The molecule has 8 nitrogen and oxygen atoms in total. The molecule has 0 spiro atoms. The van der Waals surface area contributed by atoms with E-state index >= 15 is 0 Å². The number of aromatic nitrogens is 3. The number of rotatable bonds is 11. The van der Waals surface area contributed by atoms with Gasteiger partial charge in [0.2, 0.25) is 5.91 Å². The van der Waals surface area contributed by atoms with E-state index in [0.717, 1.165) is 95.8 Å². The second-order valence-corrected chi connectivity index (χ2v) is 13.0. The molecular weight excluding hydrogens is 496 g/mol. The van der Waals surface area contributed by atoms with Crippen molar-refractivity contribution < 1.29 is 9.53 Å². The summed E-state index contributed by atoms with van der Waals surface area (Å²) < 4.78 is 7.32. The average Bonchev–Trinajstić information content (AvgIpc) is 3.56. The van der Waals surface area contributed by atoms with Crippen LogP contribution in [0.3, 0.4) is 0 Å². The van der Waals surface area contributed by atoms with E-state index in [0.29, 0.717) is 18.4 Å². The standard InChI is InChI=1S/C29H48N6O2S/c1-6-7-27-31-25(22-38-27)20-35-21-26(18-30-35)32-12-14-33(15-13-32)28(36)24-10-8-23(9-11-24)19-34(16-17-37-5)29(2,3)4/h18,21-24H,6-17,19-20H2,1-5H3/t23-,24-. The molecule has 1 aliphatic carbocycles. The molecule has 0 unspecified atom stereocenters. The van der Waals surface area contributed by atoms with Crippen molar-refractivity contribution in [2.45, 2.75) is 78.3 Å². The highest BCUT2D eigenvalue weighted by molar-refractivity contribution is 7.09. The summed E-state index contributed by atoms with van der Waals surface area (Å²) in [7, 11) is 1.77. The van der Waals surface area contributed by atoms with Crippen molar-refractivity contribution in [3.8, 4) is 0 Å². The molecule has 2 aromatic heterocycles. The molecular formula is C29H48N6O2S. The van der Waals surface area contributed by atoms with Gasteiger partial charge < -0.3 is 14.5 Å². The van der Waals surface area contributed by atoms with E-state index in [-0.39, 0.29) is 11.5 Å². The van der Waals surface area contributed by atoms with E-state index < -0.39 is 0 Å². The zero-order valence-electron chi connectivity index (χ0n) is 24.2. The second-order valence-electron chi connectivity index (χ2n) is 12.0. The van der Waals surface area contributed by atoms with Gasteiger partial charge in [0, 0.05) is 69.4 Å². The number of hydrogen-bond donors (Lipinski definition) is 0. The Balaban J connectivity index is 1.21. The number of piperazine rings is 1. The average molecular weight is 545 g/mol. The maximum atomic E-state index is 13.3. The van der Waals surface area contributed by atoms with Crippen LogP contribution in [0.4, 0.5) is 5.69 Å². The van der Waals surface area contributed by atoms with Crippen molar-refractivity contribution in [2.75, 3.05) is 57.9 Å². The number of amides is 1. The minimum atomic E-state index is 0.139. The van der Waals surface area contributed by atoms with Crippen molar-refractivity contribution >= 4 is 22.9 Å². The van der Waals surface area contributed by atoms with Gasteiger partial charge in [-0.2, -0.15) is 5.10 Å². The Kier molecular flexibility index (Phi) is 10.2. The molecule has 1 aliphatic heterocycles. The zero-order chi connectivity index (χ0) is 27.1. The molecule has 0 radical (unpaired) electrons. The molecule has 9 heteroatoms. The van der Waals surface area contributed by atoms with Crippen LogP contribution in [0.15, 0.2) is 17.8 Å². The van der Waals surface area contributed by atoms with E-state index in [4.69, 9.17) is 9.72 Å². The second kappa shape index (κ2) is 13.4. The van der Waals surface area contributed by atoms with Gasteiger partial charge >= 0.3 is 0 Å². The van der Waals surface area contributed by atoms with Crippen LogP contribution >= 0.6 is 11.3 Å². The number of hydrogen-bond acceptors (Lipinski definition) is 7. The highest BCUT2D eigenvalue weighted by atomic mass is 32.1. The fourth-order valence-electron chi connectivity index (χ4n) is 5.77. The molecule has 1 saturated carbocycles. The fourth-order valence-corrected chi connectivity index (χ4v) is 6.66. The largest absolute Gasteiger partial charge is 0.383 e. The third-order valence-corrected chi connectivity index (χ3v) is 9.11. The molecule has 2 aromatic rings. The third kappa shape index (κ3) is 7.79. The van der Waals surface area contributed by atoms with Crippen LogP contribution in [-0.4, -0.2) is 89.0 Å². The molecule has 4 rings (SSSR count). The van der Waals surface area contributed by atoms with Crippen LogP contribution in [-0.2, 0) is 22.5 Å². The fraction of sp³-hybridized carbons (Fsp3) is 0.759. The third-order valence-electron chi connectivity index (χ3n) is 8.15. The zero-order valence-corrected chi connectivity index (χ0v) is 25.0. The Morgan fingerprint density at radius 3 is 2.55 bits per heavy atom. The van der Waals surface area contributed by atoms with Gasteiger partial charge in [-0.3, -0.25) is 14.4 Å². The lowest BCUT2D eigenvalue weighted by Crippen LogP contribution is -2.51. The van der Waals surface area contributed by atoms with Crippen LogP contribution in [0.25, 0.3) is 0 Å². The molecule has 1 saturated heterocycles. The first kappa shape index (κ1) is 29.0. The minimum absolute atomic E-state index is 0.139. The van der Waals surface area contributed by atoms with Crippen molar-refractivity contribution in [1.82, 2.24) is 24.6 Å². The van der Waals surface area contributed by atoms with Gasteiger partial charge in [0.05, 0.1) is 35.7 Å². The van der Waals surface area contributed by atoms with E-state index in [1.807, 2.05) is 10.9 Å². The predicted molar refractivity (Wildman–Crippen MR) is 155 cm³/mol. The summed E-state index contributed by atoms with van der Waals surface area (Å²) in [6.07, 6.45) is 10.6. The number of thiazole rings is 1. The van der Waals surface area contributed by atoms with E-state index in [2.05, 4.69) is 59.1 Å². The van der Waals surface area contributed by atoms with Crippen LogP contribution in [0.1, 0.15) is 70.5 Å². The normalized spacial score (nSPS) is 20.9. The van der Waals surface area contributed by atoms with E-state index in [1.54, 1.807) is 18.4 Å². The smallest absolute Gasteiger partial charge is 0.225 e. The van der Waals surface area contributed by atoms with E-state index in [1.165, 1.54) is 5.01 Å². The summed E-state index contributed by atoms with van der Waals surface area (Å²) in [5.41, 5.74) is 2.36. The summed E-state index contributed by atoms with van der Waals surface area (Å²) in [6.45, 7) is 15.9. The molecule has 0 bridgehead atoms. The summed E-state index contributed by atoms with van der Waals surface area (Å²) in [5.74, 6) is 1.24. The van der Waals surface area contributed by atoms with Crippen molar-refractivity contribution in [1.29, 1.82) is 0 Å². The highest BCUT2D eigenvalue weighted by Crippen LogP contribution is 2.32. The molecule has 3 heterocycles. The predicted octanol–water partition coefficient (Wildman–Crippen LogP) is 4.54. The van der Waals surface area contributed by atoms with Crippen LogP contribution in [0, 0.1) is 11.8 Å². The Bertz CT molecular complexity index is 999. The monoisotopic (exact) mass is 544 g/mol. The van der Waals surface area contributed by atoms with Crippen molar-refractivity contribution in [2.24, 2.45) is 11.8 Å². The summed E-state index contributed by atoms with van der Waals surface area (Å²) >= 11 is 1.74. The maximum absolute atomic E-state index is 13.3. The number of anilines is 1. The van der Waals surface area contributed by atoms with Gasteiger partial charge in [-0.05, 0) is 65.2 Å². The first-order chi connectivity index (χ1) is 18.3. The quantitative estimate of drug-likeness (QED) is 0.414. The van der Waals surface area contributed by atoms with Gasteiger partial charge in [0.15, 0.2) is 0 Å². The Morgan fingerprint density at radius 1 is 1.16 bits per heavy atom. The summed E-state index contributed by atoms with van der Waals surface area (Å²) in [6, 6.07) is 0. The number of methoxy groups -OCH3 is 1. The molecule has 38 heavy (non-hydrogen) atoms. The van der Waals surface area contributed by atoms with Crippen LogP contribution in [0.5, 0.6) is 0 Å².